The first-order valence-corrected chi connectivity index (χ1v) is 12.0. The van der Waals surface area contributed by atoms with Crippen LogP contribution < -0.4 is 10.0 Å². The molecule has 1 aliphatic heterocycles. The van der Waals surface area contributed by atoms with E-state index in [9.17, 15) is 18.0 Å². The van der Waals surface area contributed by atoms with E-state index in [0.717, 1.165) is 24.8 Å². The summed E-state index contributed by atoms with van der Waals surface area (Å²) in [5.41, 5.74) is 1.12. The number of carbonyl (C=O) groups excluding carboxylic acids is 2. The summed E-state index contributed by atoms with van der Waals surface area (Å²) in [5.74, 6) is -0.600. The number of ether oxygens (including phenoxy) is 1. The van der Waals surface area contributed by atoms with Gasteiger partial charge in [-0.1, -0.05) is 12.5 Å². The zero-order valence-electron chi connectivity index (χ0n) is 16.3. The quantitative estimate of drug-likeness (QED) is 0.631. The van der Waals surface area contributed by atoms with Crippen molar-refractivity contribution in [1.29, 1.82) is 0 Å². The number of benzene rings is 1. The number of anilines is 1. The summed E-state index contributed by atoms with van der Waals surface area (Å²) >= 11 is 1.47. The van der Waals surface area contributed by atoms with Crippen LogP contribution in [-0.4, -0.2) is 39.3 Å². The van der Waals surface area contributed by atoms with Gasteiger partial charge >= 0.3 is 5.97 Å². The number of amidine groups is 1. The molecule has 0 atom stereocenters. The van der Waals surface area contributed by atoms with E-state index in [4.69, 9.17) is 4.74 Å². The molecule has 10 heteroatoms. The van der Waals surface area contributed by atoms with Crippen LogP contribution in [0.5, 0.6) is 0 Å². The van der Waals surface area contributed by atoms with Crippen LogP contribution in [0.2, 0.25) is 0 Å². The molecule has 0 bridgehead atoms. The van der Waals surface area contributed by atoms with Crippen molar-refractivity contribution >= 4 is 44.8 Å². The van der Waals surface area contributed by atoms with Gasteiger partial charge in [0.15, 0.2) is 6.61 Å². The molecule has 0 radical (unpaired) electrons. The predicted molar refractivity (Wildman–Crippen MR) is 115 cm³/mol. The topological polar surface area (TPSA) is 114 Å². The third-order valence-corrected chi connectivity index (χ3v) is 6.46. The van der Waals surface area contributed by atoms with Gasteiger partial charge in [-0.15, -0.1) is 0 Å². The van der Waals surface area contributed by atoms with Crippen molar-refractivity contribution < 1.29 is 22.7 Å². The fourth-order valence-corrected chi connectivity index (χ4v) is 4.67. The first-order chi connectivity index (χ1) is 14.4. The maximum Gasteiger partial charge on any atom is 0.310 e. The minimum absolute atomic E-state index is 0.0155. The largest absolute Gasteiger partial charge is 0.455 e. The fourth-order valence-electron chi connectivity index (χ4n) is 2.87. The highest BCUT2D eigenvalue weighted by molar-refractivity contribution is 7.90. The van der Waals surface area contributed by atoms with Crippen molar-refractivity contribution in [2.75, 3.05) is 18.5 Å². The standard InChI is InChI=1S/C20H23N3O5S2/c24-19(13-28-20(25)11-15-8-10-29-14-15)22-16-5-4-6-17(12-16)30(26,27)23-18-7-2-1-3-9-21-18/h4-6,8,10,12,14H,1-3,7,9,11,13H2,(H,21,23)(H,22,24). The van der Waals surface area contributed by atoms with Gasteiger partial charge in [-0.25, -0.2) is 8.42 Å². The first kappa shape index (κ1) is 22.0. The van der Waals surface area contributed by atoms with Crippen molar-refractivity contribution in [3.63, 3.8) is 0 Å². The Labute approximate surface area is 179 Å². The lowest BCUT2D eigenvalue weighted by Crippen LogP contribution is -2.30. The number of esters is 1. The Hall–Kier alpha value is -2.72. The van der Waals surface area contributed by atoms with Gasteiger partial charge in [-0.3, -0.25) is 19.3 Å². The van der Waals surface area contributed by atoms with Crippen LogP contribution in [0.15, 0.2) is 51.0 Å². The van der Waals surface area contributed by atoms with E-state index in [2.05, 4.69) is 15.0 Å². The van der Waals surface area contributed by atoms with Crippen molar-refractivity contribution in [2.45, 2.75) is 37.0 Å². The van der Waals surface area contributed by atoms with Crippen LogP contribution >= 0.6 is 11.3 Å². The van der Waals surface area contributed by atoms with Gasteiger partial charge in [0.05, 0.1) is 11.3 Å². The SMILES string of the molecule is O=C(COC(=O)Cc1ccsc1)Nc1cccc(S(=O)(=O)NC2=NCCCCC2)c1. The molecule has 0 spiro atoms. The van der Waals surface area contributed by atoms with Gasteiger partial charge < -0.3 is 10.1 Å². The molecule has 0 fully saturated rings. The van der Waals surface area contributed by atoms with E-state index in [0.29, 0.717) is 24.5 Å². The number of rotatable bonds is 7. The summed E-state index contributed by atoms with van der Waals surface area (Å²) in [4.78, 5) is 28.1. The minimum atomic E-state index is -3.81. The number of sulfonamides is 1. The number of hydrogen-bond acceptors (Lipinski definition) is 7. The van der Waals surface area contributed by atoms with E-state index in [1.165, 1.54) is 29.5 Å². The Morgan fingerprint density at radius 2 is 2.03 bits per heavy atom. The average Bonchev–Trinajstić information content (AvgIpc) is 3.09. The number of amides is 1. The van der Waals surface area contributed by atoms with Crippen LogP contribution in [0.3, 0.4) is 0 Å². The highest BCUT2D eigenvalue weighted by Gasteiger charge is 2.18. The summed E-state index contributed by atoms with van der Waals surface area (Å²) < 4.78 is 32.8. The summed E-state index contributed by atoms with van der Waals surface area (Å²) in [7, 11) is -3.81. The molecule has 30 heavy (non-hydrogen) atoms. The maximum absolute atomic E-state index is 12.6. The number of thiophene rings is 1. The molecule has 2 N–H and O–H groups in total. The molecule has 1 aliphatic rings. The van der Waals surface area contributed by atoms with Gasteiger partial charge in [0, 0.05) is 18.7 Å². The Balaban J connectivity index is 1.55. The van der Waals surface area contributed by atoms with Gasteiger partial charge in [0.1, 0.15) is 5.84 Å². The monoisotopic (exact) mass is 449 g/mol. The summed E-state index contributed by atoms with van der Waals surface area (Å²) in [6, 6.07) is 7.70. The summed E-state index contributed by atoms with van der Waals surface area (Å²) in [6.45, 7) is 0.161. The number of aliphatic imine (C=N–C) groups is 1. The molecule has 0 saturated carbocycles. The van der Waals surface area contributed by atoms with Crippen LogP contribution in [0, 0.1) is 0 Å². The molecular formula is C20H23N3O5S2. The lowest BCUT2D eigenvalue weighted by Gasteiger charge is -2.11. The fraction of sp³-hybridized carbons (Fsp3) is 0.350. The lowest BCUT2D eigenvalue weighted by atomic mass is 10.2. The molecular weight excluding hydrogens is 426 g/mol. The number of carbonyl (C=O) groups is 2. The van der Waals surface area contributed by atoms with Gasteiger partial charge in [-0.2, -0.15) is 11.3 Å². The zero-order valence-corrected chi connectivity index (χ0v) is 17.9. The second-order valence-electron chi connectivity index (χ2n) is 6.79. The molecule has 3 rings (SSSR count). The molecule has 0 unspecified atom stereocenters. The molecule has 0 saturated heterocycles. The van der Waals surface area contributed by atoms with Crippen LogP contribution in [0.4, 0.5) is 5.69 Å². The Morgan fingerprint density at radius 3 is 2.83 bits per heavy atom. The third-order valence-electron chi connectivity index (χ3n) is 4.35. The Bertz CT molecular complexity index is 1020. The molecule has 2 heterocycles. The molecule has 1 aromatic carbocycles. The van der Waals surface area contributed by atoms with Gasteiger partial charge in [0.25, 0.3) is 15.9 Å². The summed E-state index contributed by atoms with van der Waals surface area (Å²) in [5, 5.41) is 6.24. The second-order valence-corrected chi connectivity index (χ2v) is 9.25. The first-order valence-electron chi connectivity index (χ1n) is 9.55. The van der Waals surface area contributed by atoms with E-state index in [1.54, 1.807) is 6.07 Å². The molecule has 0 aliphatic carbocycles. The van der Waals surface area contributed by atoms with Crippen molar-refractivity contribution in [2.24, 2.45) is 4.99 Å². The maximum atomic E-state index is 12.6. The van der Waals surface area contributed by atoms with Crippen LogP contribution in [0.25, 0.3) is 0 Å². The van der Waals surface area contributed by atoms with Crippen LogP contribution in [-0.2, 0) is 30.8 Å². The number of nitrogens with one attached hydrogen (secondary N) is 2. The molecule has 8 nitrogen and oxygen atoms in total. The van der Waals surface area contributed by atoms with E-state index < -0.39 is 28.5 Å². The van der Waals surface area contributed by atoms with E-state index in [1.807, 2.05) is 16.8 Å². The van der Waals surface area contributed by atoms with Crippen LogP contribution in [0.1, 0.15) is 31.2 Å². The molecule has 160 valence electrons. The van der Waals surface area contributed by atoms with Crippen molar-refractivity contribution in [1.82, 2.24) is 4.72 Å². The lowest BCUT2D eigenvalue weighted by molar-refractivity contribution is -0.146. The molecule has 2 aromatic rings. The smallest absolute Gasteiger partial charge is 0.310 e. The minimum Gasteiger partial charge on any atom is -0.455 e. The number of hydrogen-bond donors (Lipinski definition) is 2. The van der Waals surface area contributed by atoms with Crippen molar-refractivity contribution in [3.05, 3.63) is 46.7 Å². The highest BCUT2D eigenvalue weighted by Crippen LogP contribution is 2.17. The highest BCUT2D eigenvalue weighted by atomic mass is 32.2. The van der Waals surface area contributed by atoms with E-state index >= 15 is 0 Å². The van der Waals surface area contributed by atoms with Gasteiger partial charge in [-0.05, 0) is 53.4 Å². The van der Waals surface area contributed by atoms with Crippen molar-refractivity contribution in [3.8, 4) is 0 Å². The zero-order chi connectivity index (χ0) is 21.4. The van der Waals surface area contributed by atoms with E-state index in [-0.39, 0.29) is 11.3 Å². The average molecular weight is 450 g/mol. The normalized spacial score (nSPS) is 14.3. The molecule has 1 amide bonds. The Kier molecular flexibility index (Phi) is 7.58. The third kappa shape index (κ3) is 6.67. The number of nitrogens with zero attached hydrogens (tertiary/aromatic N) is 1. The predicted octanol–water partition coefficient (Wildman–Crippen LogP) is 2.72. The molecule has 1 aromatic heterocycles. The summed E-state index contributed by atoms with van der Waals surface area (Å²) in [6.07, 6.45) is 3.55. The van der Waals surface area contributed by atoms with Gasteiger partial charge in [0.2, 0.25) is 0 Å². The second kappa shape index (κ2) is 10.4. The Morgan fingerprint density at radius 1 is 1.17 bits per heavy atom.